The molecule has 1 aromatic carbocycles. The highest BCUT2D eigenvalue weighted by atomic mass is 35.5. The van der Waals surface area contributed by atoms with Crippen LogP contribution in [0.3, 0.4) is 0 Å². The Morgan fingerprint density at radius 1 is 1.59 bits per heavy atom. The monoisotopic (exact) mass is 274 g/mol. The van der Waals surface area contributed by atoms with Gasteiger partial charge in [0, 0.05) is 6.04 Å². The summed E-state index contributed by atoms with van der Waals surface area (Å²) < 4.78 is 25.8. The molecule has 0 aliphatic heterocycles. The van der Waals surface area contributed by atoms with Gasteiger partial charge >= 0.3 is 0 Å². The lowest BCUT2D eigenvalue weighted by molar-refractivity contribution is 0.265. The van der Waals surface area contributed by atoms with E-state index in [1.54, 1.807) is 0 Å². The molecule has 1 unspecified atom stereocenters. The van der Waals surface area contributed by atoms with Crippen molar-refractivity contribution in [2.24, 2.45) is 0 Å². The van der Waals surface area contributed by atoms with Gasteiger partial charge in [0.15, 0.2) is 0 Å². The van der Waals surface area contributed by atoms with Crippen molar-refractivity contribution in [3.8, 4) is 6.07 Å². The number of rotatable bonds is 4. The Bertz CT molecular complexity index is 551. The molecule has 1 atom stereocenters. The van der Waals surface area contributed by atoms with Crippen LogP contribution in [0.25, 0.3) is 0 Å². The van der Waals surface area contributed by atoms with Gasteiger partial charge in [0.2, 0.25) is 10.0 Å². The van der Waals surface area contributed by atoms with E-state index in [-0.39, 0.29) is 22.1 Å². The van der Waals surface area contributed by atoms with Crippen molar-refractivity contribution in [2.75, 3.05) is 6.61 Å². The number of nitrogens with zero attached hydrogens (tertiary/aromatic N) is 1. The van der Waals surface area contributed by atoms with Crippen molar-refractivity contribution in [1.29, 1.82) is 5.26 Å². The second-order valence-corrected chi connectivity index (χ2v) is 5.58. The van der Waals surface area contributed by atoms with E-state index < -0.39 is 16.1 Å². The van der Waals surface area contributed by atoms with E-state index in [1.807, 2.05) is 6.07 Å². The van der Waals surface area contributed by atoms with Crippen molar-refractivity contribution in [1.82, 2.24) is 4.72 Å². The summed E-state index contributed by atoms with van der Waals surface area (Å²) in [4.78, 5) is -0.0400. The van der Waals surface area contributed by atoms with Crippen molar-refractivity contribution < 1.29 is 13.5 Å². The van der Waals surface area contributed by atoms with E-state index in [0.717, 1.165) is 0 Å². The normalized spacial score (nSPS) is 13.1. The van der Waals surface area contributed by atoms with Crippen LogP contribution in [0, 0.1) is 11.3 Å². The zero-order valence-electron chi connectivity index (χ0n) is 9.01. The molecule has 0 aliphatic carbocycles. The second-order valence-electron chi connectivity index (χ2n) is 3.46. The number of benzene rings is 1. The first-order valence-corrected chi connectivity index (χ1v) is 6.59. The van der Waals surface area contributed by atoms with E-state index in [4.69, 9.17) is 22.0 Å². The lowest BCUT2D eigenvalue weighted by Crippen LogP contribution is -2.34. The highest BCUT2D eigenvalue weighted by Crippen LogP contribution is 2.20. The van der Waals surface area contributed by atoms with E-state index in [9.17, 15) is 8.42 Å². The Balaban J connectivity index is 3.09. The fraction of sp³-hybridized carbons (Fsp3) is 0.300. The summed E-state index contributed by atoms with van der Waals surface area (Å²) in [6.07, 6.45) is 0. The molecular weight excluding hydrogens is 264 g/mol. The van der Waals surface area contributed by atoms with Gasteiger partial charge in [-0.25, -0.2) is 13.1 Å². The summed E-state index contributed by atoms with van der Waals surface area (Å²) in [5.74, 6) is 0. The third kappa shape index (κ3) is 3.41. The average Bonchev–Trinajstić information content (AvgIpc) is 2.28. The van der Waals surface area contributed by atoms with Gasteiger partial charge in [-0.3, -0.25) is 0 Å². The third-order valence-electron chi connectivity index (χ3n) is 2.00. The maximum atomic E-state index is 11.8. The molecule has 0 bridgehead atoms. The minimum Gasteiger partial charge on any atom is -0.395 e. The first-order chi connectivity index (χ1) is 7.90. The van der Waals surface area contributed by atoms with Crippen LogP contribution in [-0.2, 0) is 10.0 Å². The Morgan fingerprint density at radius 2 is 2.24 bits per heavy atom. The van der Waals surface area contributed by atoms with Crippen molar-refractivity contribution in [2.45, 2.75) is 17.9 Å². The summed E-state index contributed by atoms with van der Waals surface area (Å²) >= 11 is 5.74. The molecule has 7 heteroatoms. The van der Waals surface area contributed by atoms with Crippen LogP contribution in [0.1, 0.15) is 12.5 Å². The molecular formula is C10H11ClN2O3S. The summed E-state index contributed by atoms with van der Waals surface area (Å²) in [5.41, 5.74) is 0.209. The zero-order chi connectivity index (χ0) is 13.1. The van der Waals surface area contributed by atoms with Gasteiger partial charge in [0.25, 0.3) is 0 Å². The van der Waals surface area contributed by atoms with Crippen molar-refractivity contribution >= 4 is 21.6 Å². The molecule has 5 nitrogen and oxygen atoms in total. The number of nitriles is 1. The first-order valence-electron chi connectivity index (χ1n) is 4.73. The fourth-order valence-electron chi connectivity index (χ4n) is 1.12. The van der Waals surface area contributed by atoms with E-state index >= 15 is 0 Å². The van der Waals surface area contributed by atoms with Crippen LogP contribution in [-0.4, -0.2) is 26.2 Å². The number of hydrogen-bond donors (Lipinski definition) is 2. The molecule has 0 aliphatic rings. The van der Waals surface area contributed by atoms with Crippen LogP contribution in [0.15, 0.2) is 23.1 Å². The lowest BCUT2D eigenvalue weighted by atomic mass is 10.2. The largest absolute Gasteiger partial charge is 0.395 e. The van der Waals surface area contributed by atoms with Gasteiger partial charge in [0.1, 0.15) is 6.07 Å². The molecule has 1 rings (SSSR count). The molecule has 2 N–H and O–H groups in total. The minimum atomic E-state index is -3.72. The summed E-state index contributed by atoms with van der Waals surface area (Å²) in [6.45, 7) is 1.23. The van der Waals surface area contributed by atoms with E-state index in [0.29, 0.717) is 0 Å². The Morgan fingerprint density at radius 3 is 2.71 bits per heavy atom. The van der Waals surface area contributed by atoms with E-state index in [1.165, 1.54) is 25.1 Å². The molecule has 0 fully saturated rings. The lowest BCUT2D eigenvalue weighted by Gasteiger charge is -2.11. The SMILES string of the molecule is CC(CO)NS(=O)(=O)c1ccc(C#N)c(Cl)c1. The quantitative estimate of drug-likeness (QED) is 0.852. The number of aliphatic hydroxyl groups is 1. The fourth-order valence-corrected chi connectivity index (χ4v) is 2.67. The van der Waals surface area contributed by atoms with Crippen molar-refractivity contribution in [3.05, 3.63) is 28.8 Å². The first kappa shape index (κ1) is 13.9. The van der Waals surface area contributed by atoms with E-state index in [2.05, 4.69) is 4.72 Å². The molecule has 1 aromatic rings. The maximum Gasteiger partial charge on any atom is 0.240 e. The number of aliphatic hydroxyl groups excluding tert-OH is 1. The van der Waals surface area contributed by atoms with Crippen LogP contribution in [0.2, 0.25) is 5.02 Å². The van der Waals surface area contributed by atoms with Crippen LogP contribution in [0.5, 0.6) is 0 Å². The number of nitrogens with one attached hydrogen (secondary N) is 1. The predicted molar refractivity (Wildman–Crippen MR) is 63.0 cm³/mol. The Kier molecular flexibility index (Phi) is 4.48. The number of halogens is 1. The molecule has 0 amide bonds. The highest BCUT2D eigenvalue weighted by molar-refractivity contribution is 7.89. The smallest absolute Gasteiger partial charge is 0.240 e. The molecule has 17 heavy (non-hydrogen) atoms. The molecule has 0 spiro atoms. The molecule has 0 heterocycles. The predicted octanol–water partition coefficient (Wildman–Crippen LogP) is 0.871. The highest BCUT2D eigenvalue weighted by Gasteiger charge is 2.17. The van der Waals surface area contributed by atoms with Crippen LogP contribution < -0.4 is 4.72 Å². The number of sulfonamides is 1. The molecule has 0 saturated carbocycles. The van der Waals surface area contributed by atoms with Gasteiger partial charge in [-0.2, -0.15) is 5.26 Å². The molecule has 0 aromatic heterocycles. The summed E-state index contributed by atoms with van der Waals surface area (Å²) in [6, 6.07) is 5.07. The minimum absolute atomic E-state index is 0.0400. The topological polar surface area (TPSA) is 90.2 Å². The zero-order valence-corrected chi connectivity index (χ0v) is 10.6. The van der Waals surface area contributed by atoms with Crippen LogP contribution >= 0.6 is 11.6 Å². The second kappa shape index (κ2) is 5.47. The molecule has 92 valence electrons. The van der Waals surface area contributed by atoms with Gasteiger partial charge in [-0.1, -0.05) is 11.6 Å². The summed E-state index contributed by atoms with van der Waals surface area (Å²) in [5, 5.41) is 17.5. The van der Waals surface area contributed by atoms with Gasteiger partial charge < -0.3 is 5.11 Å². The Labute approximate surface area is 105 Å². The molecule has 0 radical (unpaired) electrons. The van der Waals surface area contributed by atoms with Gasteiger partial charge in [-0.05, 0) is 25.1 Å². The average molecular weight is 275 g/mol. The molecule has 0 saturated heterocycles. The summed E-state index contributed by atoms with van der Waals surface area (Å²) in [7, 11) is -3.72. The van der Waals surface area contributed by atoms with Gasteiger partial charge in [0.05, 0.1) is 22.1 Å². The van der Waals surface area contributed by atoms with Gasteiger partial charge in [-0.15, -0.1) is 0 Å². The third-order valence-corrected chi connectivity index (χ3v) is 3.90. The Hall–Kier alpha value is -1.13. The van der Waals surface area contributed by atoms with Crippen molar-refractivity contribution in [3.63, 3.8) is 0 Å². The number of hydrogen-bond acceptors (Lipinski definition) is 4. The van der Waals surface area contributed by atoms with Crippen LogP contribution in [0.4, 0.5) is 0 Å². The maximum absolute atomic E-state index is 11.8. The standard InChI is InChI=1S/C10H11ClN2O3S/c1-7(6-14)13-17(15,16)9-3-2-8(5-12)10(11)4-9/h2-4,7,13-14H,6H2,1H3.